The predicted molar refractivity (Wildman–Crippen MR) is 92.1 cm³/mol. The molecule has 0 unspecified atom stereocenters. The first-order valence-electron chi connectivity index (χ1n) is 7.94. The Morgan fingerprint density at radius 3 is 2.21 bits per heavy atom. The molecule has 0 heterocycles. The van der Waals surface area contributed by atoms with Crippen LogP contribution in [0, 0.1) is 0 Å². The second-order valence-corrected chi connectivity index (χ2v) is 5.64. The van der Waals surface area contributed by atoms with Crippen LogP contribution in [0.1, 0.15) is 23.1 Å². The lowest BCUT2D eigenvalue weighted by Crippen LogP contribution is -1.98. The summed E-state index contributed by atoms with van der Waals surface area (Å²) in [6.45, 7) is 0.131. The van der Waals surface area contributed by atoms with Gasteiger partial charge in [0.2, 0.25) is 0 Å². The van der Waals surface area contributed by atoms with Gasteiger partial charge in [0, 0.05) is 6.61 Å². The number of methoxy groups -OCH3 is 2. The minimum atomic E-state index is 0.108. The number of aliphatic hydroxyl groups is 1. The van der Waals surface area contributed by atoms with Crippen LogP contribution in [0.2, 0.25) is 0 Å². The van der Waals surface area contributed by atoms with Gasteiger partial charge in [0.05, 0.1) is 14.2 Å². The highest BCUT2D eigenvalue weighted by Crippen LogP contribution is 2.33. The fourth-order valence-electron chi connectivity index (χ4n) is 2.66. The van der Waals surface area contributed by atoms with Gasteiger partial charge in [-0.3, -0.25) is 0 Å². The summed E-state index contributed by atoms with van der Waals surface area (Å²) in [5, 5.41) is 29.0. The van der Waals surface area contributed by atoms with Crippen molar-refractivity contribution in [2.45, 2.75) is 25.7 Å². The van der Waals surface area contributed by atoms with E-state index < -0.39 is 0 Å². The normalized spacial score (nSPS) is 10.6. The average molecular weight is 332 g/mol. The summed E-state index contributed by atoms with van der Waals surface area (Å²) < 4.78 is 10.4. The number of phenolic OH excluding ortho intramolecular Hbond substituents is 2. The molecule has 2 aromatic carbocycles. The van der Waals surface area contributed by atoms with Crippen LogP contribution in [0.25, 0.3) is 0 Å². The second kappa shape index (κ2) is 8.45. The van der Waals surface area contributed by atoms with Crippen LogP contribution in [0.15, 0.2) is 30.3 Å². The quantitative estimate of drug-likeness (QED) is 0.693. The van der Waals surface area contributed by atoms with Gasteiger partial charge in [0.25, 0.3) is 0 Å². The molecule has 0 aliphatic rings. The number of aromatic hydroxyl groups is 2. The van der Waals surface area contributed by atoms with Crippen LogP contribution in [0.5, 0.6) is 23.0 Å². The van der Waals surface area contributed by atoms with E-state index >= 15 is 0 Å². The third-order valence-electron chi connectivity index (χ3n) is 3.98. The highest BCUT2D eigenvalue weighted by Gasteiger charge is 2.11. The van der Waals surface area contributed by atoms with E-state index in [0.717, 1.165) is 23.1 Å². The molecule has 0 aliphatic carbocycles. The van der Waals surface area contributed by atoms with Crippen molar-refractivity contribution in [3.63, 3.8) is 0 Å². The minimum Gasteiger partial charge on any atom is -0.504 e. The fourth-order valence-corrected chi connectivity index (χ4v) is 2.66. The maximum atomic E-state index is 10.3. The SMILES string of the molecule is COc1cc(CCc2cc(CCCO)cc(OC)c2O)ccc1O. The average Bonchev–Trinajstić information content (AvgIpc) is 2.60. The van der Waals surface area contributed by atoms with E-state index in [1.807, 2.05) is 12.1 Å². The van der Waals surface area contributed by atoms with Crippen molar-refractivity contribution in [1.82, 2.24) is 0 Å². The molecule has 3 N–H and O–H groups in total. The lowest BCUT2D eigenvalue weighted by molar-refractivity contribution is 0.288. The van der Waals surface area contributed by atoms with Crippen LogP contribution in [0.4, 0.5) is 0 Å². The molecule has 5 heteroatoms. The first-order chi connectivity index (χ1) is 11.6. The Morgan fingerprint density at radius 1 is 0.833 bits per heavy atom. The summed E-state index contributed by atoms with van der Waals surface area (Å²) >= 11 is 0. The van der Waals surface area contributed by atoms with Crippen molar-refractivity contribution >= 4 is 0 Å². The molecule has 0 aliphatic heterocycles. The maximum absolute atomic E-state index is 10.3. The molecule has 0 aromatic heterocycles. The first-order valence-corrected chi connectivity index (χ1v) is 7.94. The Labute approximate surface area is 142 Å². The number of phenols is 2. The number of aliphatic hydroxyl groups excluding tert-OH is 1. The summed E-state index contributed by atoms with van der Waals surface area (Å²) in [7, 11) is 3.04. The van der Waals surface area contributed by atoms with Gasteiger partial charge in [-0.25, -0.2) is 0 Å². The number of benzene rings is 2. The van der Waals surface area contributed by atoms with Gasteiger partial charge >= 0.3 is 0 Å². The molecular formula is C19H24O5. The van der Waals surface area contributed by atoms with E-state index in [-0.39, 0.29) is 18.1 Å². The third-order valence-corrected chi connectivity index (χ3v) is 3.98. The molecule has 2 aromatic rings. The Bertz CT molecular complexity index is 682. The molecule has 0 atom stereocenters. The highest BCUT2D eigenvalue weighted by atomic mass is 16.5. The molecule has 0 saturated heterocycles. The van der Waals surface area contributed by atoms with E-state index in [4.69, 9.17) is 14.6 Å². The van der Waals surface area contributed by atoms with Crippen molar-refractivity contribution in [2.24, 2.45) is 0 Å². The standard InChI is InChI=1S/C19H24O5/c1-23-17-11-13(6-8-16(17)21)5-7-15-10-14(4-3-9-20)12-18(24-2)19(15)22/h6,8,10-12,20-22H,3-5,7,9H2,1-2H3. The Morgan fingerprint density at radius 2 is 1.54 bits per heavy atom. The lowest BCUT2D eigenvalue weighted by atomic mass is 9.99. The van der Waals surface area contributed by atoms with Gasteiger partial charge < -0.3 is 24.8 Å². The van der Waals surface area contributed by atoms with Crippen LogP contribution in [-0.2, 0) is 19.3 Å². The van der Waals surface area contributed by atoms with Crippen molar-refractivity contribution in [3.05, 3.63) is 47.0 Å². The van der Waals surface area contributed by atoms with Crippen molar-refractivity contribution < 1.29 is 24.8 Å². The summed E-state index contributed by atoms with van der Waals surface area (Å²) in [5.41, 5.74) is 2.83. The zero-order chi connectivity index (χ0) is 17.5. The summed E-state index contributed by atoms with van der Waals surface area (Å²) in [5.74, 6) is 1.14. The third kappa shape index (κ3) is 4.32. The van der Waals surface area contributed by atoms with E-state index in [2.05, 4.69) is 0 Å². The summed E-state index contributed by atoms with van der Waals surface area (Å²) in [6, 6.07) is 8.98. The van der Waals surface area contributed by atoms with E-state index in [9.17, 15) is 10.2 Å². The van der Waals surface area contributed by atoms with Gasteiger partial charge in [-0.2, -0.15) is 0 Å². The van der Waals surface area contributed by atoms with Crippen molar-refractivity contribution in [2.75, 3.05) is 20.8 Å². The fraction of sp³-hybridized carbons (Fsp3) is 0.368. The van der Waals surface area contributed by atoms with Crippen molar-refractivity contribution in [3.8, 4) is 23.0 Å². The molecular weight excluding hydrogens is 308 g/mol. The van der Waals surface area contributed by atoms with E-state index in [1.54, 1.807) is 18.2 Å². The van der Waals surface area contributed by atoms with Crippen LogP contribution in [0.3, 0.4) is 0 Å². The number of rotatable bonds is 8. The molecule has 0 spiro atoms. The molecule has 0 fully saturated rings. The molecule has 0 radical (unpaired) electrons. The molecule has 2 rings (SSSR count). The van der Waals surface area contributed by atoms with Gasteiger partial charge in [-0.1, -0.05) is 12.1 Å². The minimum absolute atomic E-state index is 0.108. The molecule has 0 bridgehead atoms. The molecule has 24 heavy (non-hydrogen) atoms. The van der Waals surface area contributed by atoms with Gasteiger partial charge in [0.1, 0.15) is 0 Å². The van der Waals surface area contributed by atoms with Crippen LogP contribution in [-0.4, -0.2) is 36.1 Å². The van der Waals surface area contributed by atoms with Gasteiger partial charge in [0.15, 0.2) is 23.0 Å². The zero-order valence-corrected chi connectivity index (χ0v) is 14.1. The number of hydrogen-bond acceptors (Lipinski definition) is 5. The number of hydrogen-bond donors (Lipinski definition) is 3. The molecule has 0 saturated carbocycles. The summed E-state index contributed by atoms with van der Waals surface area (Å²) in [4.78, 5) is 0. The highest BCUT2D eigenvalue weighted by molar-refractivity contribution is 5.49. The Kier molecular flexibility index (Phi) is 6.32. The zero-order valence-electron chi connectivity index (χ0n) is 14.1. The largest absolute Gasteiger partial charge is 0.504 e. The lowest BCUT2D eigenvalue weighted by Gasteiger charge is -2.13. The monoisotopic (exact) mass is 332 g/mol. The molecule has 130 valence electrons. The van der Waals surface area contributed by atoms with E-state index in [0.29, 0.717) is 30.8 Å². The molecule has 0 amide bonds. The van der Waals surface area contributed by atoms with Crippen LogP contribution >= 0.6 is 0 Å². The van der Waals surface area contributed by atoms with E-state index in [1.165, 1.54) is 14.2 Å². The topological polar surface area (TPSA) is 79.2 Å². The summed E-state index contributed by atoms with van der Waals surface area (Å²) in [6.07, 6.45) is 2.72. The Hall–Kier alpha value is -2.40. The Balaban J connectivity index is 2.18. The number of aryl methyl sites for hydroxylation is 3. The predicted octanol–water partition coefficient (Wildman–Crippen LogP) is 2.83. The van der Waals surface area contributed by atoms with Crippen molar-refractivity contribution in [1.29, 1.82) is 0 Å². The smallest absolute Gasteiger partial charge is 0.161 e. The maximum Gasteiger partial charge on any atom is 0.161 e. The first kappa shape index (κ1) is 17.9. The molecule has 5 nitrogen and oxygen atoms in total. The van der Waals surface area contributed by atoms with Crippen LogP contribution < -0.4 is 9.47 Å². The van der Waals surface area contributed by atoms with Gasteiger partial charge in [-0.15, -0.1) is 0 Å². The van der Waals surface area contributed by atoms with Gasteiger partial charge in [-0.05, 0) is 60.6 Å². The number of ether oxygens (including phenoxy) is 2. The second-order valence-electron chi connectivity index (χ2n) is 5.64.